The normalized spacial score (nSPS) is 20.4. The molecule has 3 aliphatic heterocycles. The Morgan fingerprint density at radius 3 is 2.62 bits per heavy atom. The second-order valence-electron chi connectivity index (χ2n) is 11.1. The summed E-state index contributed by atoms with van der Waals surface area (Å²) >= 11 is 0. The molecule has 0 radical (unpaired) electrons. The van der Waals surface area contributed by atoms with Gasteiger partial charge in [-0.2, -0.15) is 0 Å². The number of carbonyl (C=O) groups is 3. The van der Waals surface area contributed by atoms with Crippen LogP contribution in [-0.4, -0.2) is 62.0 Å². The summed E-state index contributed by atoms with van der Waals surface area (Å²) in [6.07, 6.45) is 6.85. The number of rotatable bonds is 5. The SMILES string of the molecule is O=C(CN1CCC2(CCCCc3ccccc3OCCNC2=O)CC1)NCc1cccc(N2CCCC2=O)c1. The number of aryl methyl sites for hydroxylation is 1. The van der Waals surface area contributed by atoms with Gasteiger partial charge in [0, 0.05) is 25.2 Å². The van der Waals surface area contributed by atoms with Gasteiger partial charge in [0.15, 0.2) is 0 Å². The molecule has 3 amide bonds. The molecular weight excluding hydrogens is 492 g/mol. The second kappa shape index (κ2) is 12.6. The van der Waals surface area contributed by atoms with Crippen LogP contribution in [0.2, 0.25) is 0 Å². The van der Waals surface area contributed by atoms with Crippen LogP contribution in [0, 0.1) is 5.41 Å². The van der Waals surface area contributed by atoms with Crippen molar-refractivity contribution in [2.75, 3.05) is 44.2 Å². The molecule has 5 rings (SSSR count). The summed E-state index contributed by atoms with van der Waals surface area (Å²) in [5.41, 5.74) is 2.74. The highest BCUT2D eigenvalue weighted by molar-refractivity contribution is 5.95. The van der Waals surface area contributed by atoms with Crippen LogP contribution in [0.4, 0.5) is 5.69 Å². The third-order valence-electron chi connectivity index (χ3n) is 8.42. The van der Waals surface area contributed by atoms with Gasteiger partial charge in [-0.05, 0) is 80.9 Å². The van der Waals surface area contributed by atoms with E-state index in [4.69, 9.17) is 4.74 Å². The van der Waals surface area contributed by atoms with Crippen molar-refractivity contribution in [3.63, 3.8) is 0 Å². The zero-order chi connectivity index (χ0) is 27.1. The van der Waals surface area contributed by atoms with Gasteiger partial charge in [0.2, 0.25) is 17.7 Å². The third kappa shape index (κ3) is 6.79. The van der Waals surface area contributed by atoms with Gasteiger partial charge < -0.3 is 20.3 Å². The van der Waals surface area contributed by atoms with E-state index in [9.17, 15) is 14.4 Å². The Kier molecular flexibility index (Phi) is 8.81. The molecule has 3 aliphatic rings. The Morgan fingerprint density at radius 1 is 0.949 bits per heavy atom. The van der Waals surface area contributed by atoms with Crippen molar-refractivity contribution in [1.29, 1.82) is 0 Å². The van der Waals surface area contributed by atoms with Crippen LogP contribution in [-0.2, 0) is 27.3 Å². The Bertz CT molecular complexity index is 1170. The first-order valence-electron chi connectivity index (χ1n) is 14.4. The fourth-order valence-corrected chi connectivity index (χ4v) is 6.09. The van der Waals surface area contributed by atoms with Crippen molar-refractivity contribution in [2.45, 2.75) is 57.9 Å². The molecule has 0 aliphatic carbocycles. The lowest BCUT2D eigenvalue weighted by molar-refractivity contribution is -0.135. The molecule has 8 heteroatoms. The lowest BCUT2D eigenvalue weighted by Gasteiger charge is -2.40. The minimum absolute atomic E-state index is 0.0208. The van der Waals surface area contributed by atoms with Gasteiger partial charge in [0.1, 0.15) is 12.4 Å². The number of benzene rings is 2. The summed E-state index contributed by atoms with van der Waals surface area (Å²) in [5.74, 6) is 1.18. The molecule has 39 heavy (non-hydrogen) atoms. The predicted octanol–water partition coefficient (Wildman–Crippen LogP) is 3.43. The van der Waals surface area contributed by atoms with E-state index in [1.807, 2.05) is 41.3 Å². The van der Waals surface area contributed by atoms with Gasteiger partial charge >= 0.3 is 0 Å². The van der Waals surface area contributed by atoms with E-state index in [0.717, 1.165) is 81.6 Å². The van der Waals surface area contributed by atoms with E-state index in [1.165, 1.54) is 5.56 Å². The first-order chi connectivity index (χ1) is 19.0. The quantitative estimate of drug-likeness (QED) is 0.616. The van der Waals surface area contributed by atoms with Crippen molar-refractivity contribution >= 4 is 23.4 Å². The number of fused-ring (bicyclic) bond motifs is 1. The Morgan fingerprint density at radius 2 is 1.79 bits per heavy atom. The van der Waals surface area contributed by atoms with Crippen molar-refractivity contribution in [2.24, 2.45) is 5.41 Å². The maximum atomic E-state index is 13.3. The number of ether oxygens (including phenoxy) is 1. The van der Waals surface area contributed by atoms with Crippen LogP contribution in [0.5, 0.6) is 5.75 Å². The number of amides is 3. The standard InChI is InChI=1S/C31H40N4O4/c36-28(33-22-24-7-5-10-26(21-24)35-17-6-12-29(35)37)23-34-18-14-31(15-19-34)13-4-3-9-25-8-1-2-11-27(25)39-20-16-32-30(31)38/h1-2,5,7-8,10-11,21H,3-4,6,9,12-20,22-23H2,(H,32,38)(H,33,36). The topological polar surface area (TPSA) is 91.0 Å². The fourth-order valence-electron chi connectivity index (χ4n) is 6.09. The van der Waals surface area contributed by atoms with Gasteiger partial charge in [0.25, 0.3) is 0 Å². The first kappa shape index (κ1) is 27.2. The number of para-hydroxylation sites is 1. The number of piperidine rings is 1. The Balaban J connectivity index is 1.10. The second-order valence-corrected chi connectivity index (χ2v) is 11.1. The third-order valence-corrected chi connectivity index (χ3v) is 8.42. The average molecular weight is 533 g/mol. The van der Waals surface area contributed by atoms with Crippen molar-refractivity contribution in [1.82, 2.24) is 15.5 Å². The van der Waals surface area contributed by atoms with Crippen LogP contribution >= 0.6 is 0 Å². The summed E-state index contributed by atoms with van der Waals surface area (Å²) in [7, 11) is 0. The lowest BCUT2D eigenvalue weighted by atomic mass is 9.73. The van der Waals surface area contributed by atoms with Crippen LogP contribution in [0.1, 0.15) is 56.1 Å². The predicted molar refractivity (Wildman–Crippen MR) is 150 cm³/mol. The van der Waals surface area contributed by atoms with E-state index in [1.54, 1.807) is 0 Å². The van der Waals surface area contributed by atoms with Gasteiger partial charge in [-0.15, -0.1) is 0 Å². The van der Waals surface area contributed by atoms with Crippen molar-refractivity contribution < 1.29 is 19.1 Å². The molecule has 2 fully saturated rings. The molecule has 2 aromatic carbocycles. The Hall–Kier alpha value is -3.39. The molecule has 8 nitrogen and oxygen atoms in total. The van der Waals surface area contributed by atoms with E-state index < -0.39 is 0 Å². The molecule has 0 atom stereocenters. The molecule has 2 N–H and O–H groups in total. The van der Waals surface area contributed by atoms with Crippen LogP contribution in [0.25, 0.3) is 0 Å². The molecule has 3 heterocycles. The highest BCUT2D eigenvalue weighted by Gasteiger charge is 2.41. The van der Waals surface area contributed by atoms with E-state index in [-0.39, 0.29) is 23.1 Å². The molecule has 2 aromatic rings. The van der Waals surface area contributed by atoms with Gasteiger partial charge in [-0.1, -0.05) is 36.8 Å². The smallest absolute Gasteiger partial charge is 0.234 e. The number of nitrogens with zero attached hydrogens (tertiary/aromatic N) is 2. The van der Waals surface area contributed by atoms with E-state index >= 15 is 0 Å². The fraction of sp³-hybridized carbons (Fsp3) is 0.516. The summed E-state index contributed by atoms with van der Waals surface area (Å²) < 4.78 is 5.95. The van der Waals surface area contributed by atoms with Crippen molar-refractivity contribution in [3.8, 4) is 5.75 Å². The lowest BCUT2D eigenvalue weighted by Crippen LogP contribution is -2.51. The zero-order valence-electron chi connectivity index (χ0n) is 22.8. The molecule has 0 aromatic heterocycles. The number of nitrogens with one attached hydrogen (secondary N) is 2. The number of anilines is 1. The summed E-state index contributed by atoms with van der Waals surface area (Å²) in [4.78, 5) is 42.1. The summed E-state index contributed by atoms with van der Waals surface area (Å²) in [6.45, 7) is 3.92. The largest absolute Gasteiger partial charge is 0.491 e. The summed E-state index contributed by atoms with van der Waals surface area (Å²) in [5, 5.41) is 6.16. The highest BCUT2D eigenvalue weighted by Crippen LogP contribution is 2.37. The zero-order valence-corrected chi connectivity index (χ0v) is 22.8. The molecule has 0 saturated carbocycles. The Labute approximate surface area is 231 Å². The van der Waals surface area contributed by atoms with Crippen molar-refractivity contribution in [3.05, 3.63) is 59.7 Å². The monoisotopic (exact) mass is 532 g/mol. The van der Waals surface area contributed by atoms with Crippen LogP contribution in [0.15, 0.2) is 48.5 Å². The van der Waals surface area contributed by atoms with E-state index in [2.05, 4.69) is 27.7 Å². The summed E-state index contributed by atoms with van der Waals surface area (Å²) in [6, 6.07) is 16.0. The maximum Gasteiger partial charge on any atom is 0.234 e. The number of hydrogen-bond acceptors (Lipinski definition) is 5. The number of hydrogen-bond donors (Lipinski definition) is 2. The minimum Gasteiger partial charge on any atom is -0.491 e. The molecular formula is C31H40N4O4. The number of carbonyl (C=O) groups excluding carboxylic acids is 3. The molecule has 208 valence electrons. The highest BCUT2D eigenvalue weighted by atomic mass is 16.5. The van der Waals surface area contributed by atoms with Gasteiger partial charge in [-0.3, -0.25) is 19.3 Å². The first-order valence-corrected chi connectivity index (χ1v) is 14.4. The molecule has 2 saturated heterocycles. The van der Waals surface area contributed by atoms with Gasteiger partial charge in [0.05, 0.1) is 18.5 Å². The average Bonchev–Trinajstić information content (AvgIpc) is 3.39. The molecule has 1 spiro atoms. The van der Waals surface area contributed by atoms with E-state index in [0.29, 0.717) is 32.7 Å². The minimum atomic E-state index is -0.376. The van der Waals surface area contributed by atoms with Crippen LogP contribution in [0.3, 0.4) is 0 Å². The van der Waals surface area contributed by atoms with Crippen LogP contribution < -0.4 is 20.3 Å². The molecule has 0 unspecified atom stereocenters. The molecule has 0 bridgehead atoms. The maximum absolute atomic E-state index is 13.3. The van der Waals surface area contributed by atoms with Gasteiger partial charge in [-0.25, -0.2) is 0 Å². The number of likely N-dealkylation sites (tertiary alicyclic amines) is 1.